The topological polar surface area (TPSA) is 64.6 Å². The molecule has 1 aliphatic rings. The van der Waals surface area contributed by atoms with Gasteiger partial charge < -0.3 is 14.8 Å². The fourth-order valence-corrected chi connectivity index (χ4v) is 3.18. The molecule has 0 spiro atoms. The van der Waals surface area contributed by atoms with Crippen LogP contribution in [0.3, 0.4) is 0 Å². The molecule has 1 heterocycles. The standard InChI is InChI=1S/C19H27NO4/c1-14-12-17(21)18(19(22)23-2)16(20-14)10-6-7-11-24-13-15-8-4-3-5-9-15/h3-5,8-9,14,16,18,20H,6-7,10-13H2,1-2H3/t14-,16+,18?/m1/s1. The minimum Gasteiger partial charge on any atom is -0.468 e. The molecule has 0 bridgehead atoms. The van der Waals surface area contributed by atoms with Gasteiger partial charge in [-0.1, -0.05) is 30.3 Å². The lowest BCUT2D eigenvalue weighted by molar-refractivity contribution is -0.152. The molecule has 3 atom stereocenters. The maximum absolute atomic E-state index is 12.1. The number of nitrogens with one attached hydrogen (secondary N) is 1. The van der Waals surface area contributed by atoms with E-state index in [-0.39, 0.29) is 17.9 Å². The number of rotatable bonds is 8. The number of benzene rings is 1. The van der Waals surface area contributed by atoms with Crippen LogP contribution in [0, 0.1) is 5.92 Å². The Morgan fingerprint density at radius 3 is 2.71 bits per heavy atom. The molecule has 5 heteroatoms. The zero-order chi connectivity index (χ0) is 17.4. The van der Waals surface area contributed by atoms with Crippen molar-refractivity contribution < 1.29 is 19.1 Å². The van der Waals surface area contributed by atoms with Crippen LogP contribution in [0.4, 0.5) is 0 Å². The molecule has 2 rings (SSSR count). The van der Waals surface area contributed by atoms with Crippen LogP contribution in [0.1, 0.15) is 38.2 Å². The van der Waals surface area contributed by atoms with Crippen molar-refractivity contribution in [2.24, 2.45) is 5.92 Å². The summed E-state index contributed by atoms with van der Waals surface area (Å²) in [5.41, 5.74) is 1.16. The Balaban J connectivity index is 1.71. The fourth-order valence-electron chi connectivity index (χ4n) is 3.18. The van der Waals surface area contributed by atoms with E-state index < -0.39 is 11.9 Å². The van der Waals surface area contributed by atoms with Crippen molar-refractivity contribution in [3.05, 3.63) is 35.9 Å². The average Bonchev–Trinajstić information content (AvgIpc) is 2.58. The summed E-state index contributed by atoms with van der Waals surface area (Å²) in [6.07, 6.45) is 2.96. The molecule has 1 N–H and O–H groups in total. The number of carbonyl (C=O) groups is 2. The number of hydrogen-bond donors (Lipinski definition) is 1. The Morgan fingerprint density at radius 2 is 2.00 bits per heavy atom. The molecule has 1 unspecified atom stereocenters. The predicted molar refractivity (Wildman–Crippen MR) is 91.5 cm³/mol. The molecular formula is C19H27NO4. The average molecular weight is 333 g/mol. The van der Waals surface area contributed by atoms with Crippen LogP contribution in [0.15, 0.2) is 30.3 Å². The van der Waals surface area contributed by atoms with Gasteiger partial charge in [0.2, 0.25) is 0 Å². The van der Waals surface area contributed by atoms with E-state index in [4.69, 9.17) is 9.47 Å². The highest BCUT2D eigenvalue weighted by Crippen LogP contribution is 2.22. The van der Waals surface area contributed by atoms with Gasteiger partial charge in [-0.3, -0.25) is 9.59 Å². The van der Waals surface area contributed by atoms with E-state index in [1.165, 1.54) is 7.11 Å². The Kier molecular flexibility index (Phi) is 7.40. The van der Waals surface area contributed by atoms with Crippen molar-refractivity contribution in [3.63, 3.8) is 0 Å². The molecular weight excluding hydrogens is 306 g/mol. The van der Waals surface area contributed by atoms with Crippen molar-refractivity contribution in [3.8, 4) is 0 Å². The lowest BCUT2D eigenvalue weighted by Crippen LogP contribution is -2.53. The van der Waals surface area contributed by atoms with Crippen molar-refractivity contribution in [1.82, 2.24) is 5.32 Å². The number of ketones is 1. The SMILES string of the molecule is COC(=O)C1C(=O)C[C@@H](C)N[C@H]1CCCCOCc1ccccc1. The molecule has 0 radical (unpaired) electrons. The van der Waals surface area contributed by atoms with E-state index in [0.717, 1.165) is 24.8 Å². The highest BCUT2D eigenvalue weighted by Gasteiger charge is 2.39. The Morgan fingerprint density at radius 1 is 1.25 bits per heavy atom. The first-order valence-corrected chi connectivity index (χ1v) is 8.60. The molecule has 1 saturated heterocycles. The highest BCUT2D eigenvalue weighted by molar-refractivity contribution is 6.00. The molecule has 132 valence electrons. The summed E-state index contributed by atoms with van der Waals surface area (Å²) in [7, 11) is 1.34. The second-order valence-electron chi connectivity index (χ2n) is 6.38. The summed E-state index contributed by atoms with van der Waals surface area (Å²) in [6, 6.07) is 10.0. The molecule has 24 heavy (non-hydrogen) atoms. The van der Waals surface area contributed by atoms with E-state index in [9.17, 15) is 9.59 Å². The number of hydrogen-bond acceptors (Lipinski definition) is 5. The predicted octanol–water partition coefficient (Wildman–Crippen LogP) is 2.48. The van der Waals surface area contributed by atoms with Crippen molar-refractivity contribution in [1.29, 1.82) is 0 Å². The monoisotopic (exact) mass is 333 g/mol. The summed E-state index contributed by atoms with van der Waals surface area (Å²) in [5, 5.41) is 3.37. The van der Waals surface area contributed by atoms with Crippen molar-refractivity contribution >= 4 is 11.8 Å². The smallest absolute Gasteiger partial charge is 0.317 e. The Hall–Kier alpha value is -1.72. The molecule has 0 aliphatic carbocycles. The van der Waals surface area contributed by atoms with E-state index in [1.54, 1.807) is 0 Å². The summed E-state index contributed by atoms with van der Waals surface area (Å²) in [4.78, 5) is 24.0. The van der Waals surface area contributed by atoms with Crippen LogP contribution < -0.4 is 5.32 Å². The van der Waals surface area contributed by atoms with Crippen LogP contribution in [0.25, 0.3) is 0 Å². The molecule has 1 aromatic rings. The number of ether oxygens (including phenoxy) is 2. The number of unbranched alkanes of at least 4 members (excludes halogenated alkanes) is 1. The number of carbonyl (C=O) groups excluding carboxylic acids is 2. The van der Waals surface area contributed by atoms with Crippen molar-refractivity contribution in [2.75, 3.05) is 13.7 Å². The zero-order valence-corrected chi connectivity index (χ0v) is 14.5. The third-order valence-corrected chi connectivity index (χ3v) is 4.38. The highest BCUT2D eigenvalue weighted by atomic mass is 16.5. The first-order valence-electron chi connectivity index (χ1n) is 8.60. The minimum atomic E-state index is -0.670. The van der Waals surface area contributed by atoms with Gasteiger partial charge in [0.15, 0.2) is 0 Å². The summed E-state index contributed by atoms with van der Waals surface area (Å²) >= 11 is 0. The molecule has 0 amide bonds. The molecule has 0 aromatic heterocycles. The maximum atomic E-state index is 12.1. The number of methoxy groups -OCH3 is 1. The van der Waals surface area contributed by atoms with E-state index in [2.05, 4.69) is 5.32 Å². The van der Waals surface area contributed by atoms with Crippen LogP contribution in [0.5, 0.6) is 0 Å². The molecule has 1 fully saturated rings. The first kappa shape index (κ1) is 18.6. The van der Waals surface area contributed by atoms with Crippen LogP contribution in [-0.4, -0.2) is 37.6 Å². The van der Waals surface area contributed by atoms with Gasteiger partial charge in [-0.15, -0.1) is 0 Å². The number of piperidine rings is 1. The number of Topliss-reactive ketones (excluding diaryl/α,β-unsaturated/α-hetero) is 1. The van der Waals surface area contributed by atoms with Gasteiger partial charge in [-0.05, 0) is 31.7 Å². The van der Waals surface area contributed by atoms with Gasteiger partial charge in [-0.25, -0.2) is 0 Å². The quantitative estimate of drug-likeness (QED) is 0.450. The van der Waals surface area contributed by atoms with Gasteiger partial charge in [0.1, 0.15) is 11.7 Å². The Labute approximate surface area is 143 Å². The van der Waals surface area contributed by atoms with Crippen LogP contribution in [-0.2, 0) is 25.7 Å². The zero-order valence-electron chi connectivity index (χ0n) is 14.5. The third kappa shape index (κ3) is 5.42. The second kappa shape index (κ2) is 9.55. The normalized spacial score (nSPS) is 23.9. The van der Waals surface area contributed by atoms with E-state index in [1.807, 2.05) is 37.3 Å². The van der Waals surface area contributed by atoms with Gasteiger partial charge in [-0.2, -0.15) is 0 Å². The minimum absolute atomic E-state index is 0.0153. The number of esters is 1. The maximum Gasteiger partial charge on any atom is 0.317 e. The summed E-state index contributed by atoms with van der Waals surface area (Å²) in [6.45, 7) is 3.26. The van der Waals surface area contributed by atoms with Gasteiger partial charge in [0, 0.05) is 25.1 Å². The van der Waals surface area contributed by atoms with E-state index >= 15 is 0 Å². The van der Waals surface area contributed by atoms with Crippen LogP contribution in [0.2, 0.25) is 0 Å². The summed E-state index contributed by atoms with van der Waals surface area (Å²) < 4.78 is 10.5. The molecule has 1 aliphatic heterocycles. The van der Waals surface area contributed by atoms with Gasteiger partial charge in [0.05, 0.1) is 13.7 Å². The second-order valence-corrected chi connectivity index (χ2v) is 6.38. The lowest BCUT2D eigenvalue weighted by Gasteiger charge is -2.33. The first-order chi connectivity index (χ1) is 11.6. The van der Waals surface area contributed by atoms with Gasteiger partial charge >= 0.3 is 5.97 Å². The lowest BCUT2D eigenvalue weighted by atomic mass is 9.84. The molecule has 5 nitrogen and oxygen atoms in total. The largest absolute Gasteiger partial charge is 0.468 e. The van der Waals surface area contributed by atoms with Crippen molar-refractivity contribution in [2.45, 2.75) is 51.3 Å². The van der Waals surface area contributed by atoms with Crippen LogP contribution >= 0.6 is 0 Å². The summed E-state index contributed by atoms with van der Waals surface area (Å²) in [5.74, 6) is -1.11. The molecule has 0 saturated carbocycles. The third-order valence-electron chi connectivity index (χ3n) is 4.38. The fraction of sp³-hybridized carbons (Fsp3) is 0.579. The van der Waals surface area contributed by atoms with Gasteiger partial charge in [0.25, 0.3) is 0 Å². The Bertz CT molecular complexity index is 531. The van der Waals surface area contributed by atoms with E-state index in [0.29, 0.717) is 19.6 Å². The molecule has 1 aromatic carbocycles.